The van der Waals surface area contributed by atoms with Gasteiger partial charge in [-0.2, -0.15) is 0 Å². The van der Waals surface area contributed by atoms with Gasteiger partial charge in [0.25, 0.3) is 0 Å². The van der Waals surface area contributed by atoms with Crippen molar-refractivity contribution in [3.8, 4) is 5.75 Å². The number of rotatable bonds is 3. The molecule has 2 N–H and O–H groups in total. The van der Waals surface area contributed by atoms with E-state index in [4.69, 9.17) is 22.1 Å². The molecule has 0 spiro atoms. The molecule has 1 rings (SSSR count). The van der Waals surface area contributed by atoms with E-state index < -0.39 is 0 Å². The van der Waals surface area contributed by atoms with Gasteiger partial charge in [0.05, 0.1) is 0 Å². The van der Waals surface area contributed by atoms with Gasteiger partial charge in [-0.1, -0.05) is 11.6 Å². The Hall–Kier alpha value is -1.15. The van der Waals surface area contributed by atoms with E-state index in [1.54, 1.807) is 0 Å². The summed E-state index contributed by atoms with van der Waals surface area (Å²) in [7, 11) is 0. The Kier molecular flexibility index (Phi) is 4.04. The lowest BCUT2D eigenvalue weighted by Crippen LogP contribution is -2.02. The van der Waals surface area contributed by atoms with Gasteiger partial charge in [-0.05, 0) is 49.6 Å². The predicted molar refractivity (Wildman–Crippen MR) is 65.4 cm³/mol. The number of ether oxygens (including phenoxy) is 1. The van der Waals surface area contributed by atoms with Gasteiger partial charge < -0.3 is 10.5 Å². The highest BCUT2D eigenvalue weighted by Gasteiger charge is 2.05. The molecule has 0 amide bonds. The van der Waals surface area contributed by atoms with Gasteiger partial charge in [0.15, 0.2) is 0 Å². The molecule has 0 bridgehead atoms. The van der Waals surface area contributed by atoms with Crippen LogP contribution in [0.3, 0.4) is 0 Å². The minimum atomic E-state index is 0.509. The summed E-state index contributed by atoms with van der Waals surface area (Å²) < 4.78 is 5.67. The number of anilines is 1. The molecule has 0 heterocycles. The highest BCUT2D eigenvalue weighted by atomic mass is 35.5. The van der Waals surface area contributed by atoms with Crippen molar-refractivity contribution in [2.75, 3.05) is 12.3 Å². The second-order valence-corrected chi connectivity index (χ2v) is 3.95. The third kappa shape index (κ3) is 3.17. The lowest BCUT2D eigenvalue weighted by molar-refractivity contribution is 0.347. The molecule has 15 heavy (non-hydrogen) atoms. The molecule has 0 saturated heterocycles. The van der Waals surface area contributed by atoms with E-state index in [-0.39, 0.29) is 0 Å². The van der Waals surface area contributed by atoms with Crippen LogP contribution in [0.1, 0.15) is 18.1 Å². The molecule has 0 aliphatic carbocycles. The molecule has 82 valence electrons. The second-order valence-electron chi connectivity index (χ2n) is 3.73. The maximum Gasteiger partial charge on any atom is 0.125 e. The molecule has 0 atom stereocenters. The molecule has 2 nitrogen and oxygen atoms in total. The largest absolute Gasteiger partial charge is 0.489 e. The van der Waals surface area contributed by atoms with Crippen LogP contribution in [-0.4, -0.2) is 6.61 Å². The van der Waals surface area contributed by atoms with Gasteiger partial charge >= 0.3 is 0 Å². The Balaban J connectivity index is 2.86. The molecule has 3 heteroatoms. The lowest BCUT2D eigenvalue weighted by atomic mass is 10.1. The number of aryl methyl sites for hydroxylation is 2. The smallest absolute Gasteiger partial charge is 0.125 e. The van der Waals surface area contributed by atoms with Crippen molar-refractivity contribution in [1.29, 1.82) is 0 Å². The first-order valence-electron chi connectivity index (χ1n) is 4.80. The molecule has 0 aliphatic heterocycles. The summed E-state index contributed by atoms with van der Waals surface area (Å²) >= 11 is 5.56. The summed E-state index contributed by atoms with van der Waals surface area (Å²) in [6.45, 7) is 6.40. The highest BCUT2D eigenvalue weighted by molar-refractivity contribution is 6.25. The molecule has 0 saturated carbocycles. The maximum absolute atomic E-state index is 5.72. The molecular weight excluding hydrogens is 210 g/mol. The first-order valence-corrected chi connectivity index (χ1v) is 5.23. The van der Waals surface area contributed by atoms with Crippen molar-refractivity contribution in [2.24, 2.45) is 0 Å². The van der Waals surface area contributed by atoms with Crippen molar-refractivity contribution in [3.63, 3.8) is 0 Å². The predicted octanol–water partition coefficient (Wildman–Crippen LogP) is 3.41. The summed E-state index contributed by atoms with van der Waals surface area (Å²) in [4.78, 5) is 0. The number of nitrogen functional groups attached to an aromatic ring is 1. The normalized spacial score (nSPS) is 11.6. The summed E-state index contributed by atoms with van der Waals surface area (Å²) in [6.07, 6.45) is 0. The Morgan fingerprint density at radius 2 is 1.93 bits per heavy atom. The number of benzene rings is 1. The van der Waals surface area contributed by atoms with Gasteiger partial charge in [-0.15, -0.1) is 0 Å². The van der Waals surface area contributed by atoms with Gasteiger partial charge in [0, 0.05) is 11.2 Å². The lowest BCUT2D eigenvalue weighted by Gasteiger charge is -2.12. The van der Waals surface area contributed by atoms with Gasteiger partial charge in [-0.25, -0.2) is 0 Å². The third-order valence-electron chi connectivity index (χ3n) is 2.11. The average molecular weight is 226 g/mol. The first kappa shape index (κ1) is 11.9. The topological polar surface area (TPSA) is 35.2 Å². The summed E-state index contributed by atoms with van der Waals surface area (Å²) in [5.41, 5.74) is 11.1. The molecule has 0 radical (unpaired) electrons. The van der Waals surface area contributed by atoms with Gasteiger partial charge in [0.2, 0.25) is 0 Å². The van der Waals surface area contributed by atoms with Crippen LogP contribution in [0.2, 0.25) is 0 Å². The van der Waals surface area contributed by atoms with Crippen LogP contribution in [0.5, 0.6) is 5.75 Å². The minimum absolute atomic E-state index is 0.509. The molecule has 1 aromatic carbocycles. The number of halogens is 1. The fraction of sp³-hybridized carbons (Fsp3) is 0.333. The van der Waals surface area contributed by atoms with Crippen LogP contribution < -0.4 is 10.5 Å². The van der Waals surface area contributed by atoms with Crippen molar-refractivity contribution in [3.05, 3.63) is 34.4 Å². The molecule has 0 unspecified atom stereocenters. The van der Waals surface area contributed by atoms with Crippen molar-refractivity contribution in [1.82, 2.24) is 0 Å². The van der Waals surface area contributed by atoms with Crippen molar-refractivity contribution >= 4 is 17.3 Å². The summed E-state index contributed by atoms with van der Waals surface area (Å²) in [5.74, 6) is 0.891. The van der Waals surface area contributed by atoms with Crippen LogP contribution in [-0.2, 0) is 0 Å². The average Bonchev–Trinajstić information content (AvgIpc) is 2.15. The number of nitrogens with two attached hydrogens (primary N) is 1. The van der Waals surface area contributed by atoms with E-state index in [1.807, 2.05) is 32.9 Å². The Bertz CT molecular complexity index is 362. The number of hydrogen-bond acceptors (Lipinski definition) is 2. The van der Waals surface area contributed by atoms with E-state index >= 15 is 0 Å². The zero-order valence-electron chi connectivity index (χ0n) is 9.30. The highest BCUT2D eigenvalue weighted by Crippen LogP contribution is 2.26. The van der Waals surface area contributed by atoms with Crippen LogP contribution in [0.4, 0.5) is 5.69 Å². The fourth-order valence-corrected chi connectivity index (χ4v) is 1.49. The van der Waals surface area contributed by atoms with Crippen LogP contribution in [0.15, 0.2) is 23.2 Å². The Labute approximate surface area is 95.7 Å². The Morgan fingerprint density at radius 3 is 2.40 bits per heavy atom. The van der Waals surface area contributed by atoms with Crippen molar-refractivity contribution < 1.29 is 4.74 Å². The Morgan fingerprint density at radius 1 is 1.40 bits per heavy atom. The monoisotopic (exact) mass is 225 g/mol. The van der Waals surface area contributed by atoms with E-state index in [2.05, 4.69) is 0 Å². The third-order valence-corrected chi connectivity index (χ3v) is 2.49. The second kappa shape index (κ2) is 5.08. The summed E-state index contributed by atoms with van der Waals surface area (Å²) in [5, 5.41) is 0. The van der Waals surface area contributed by atoms with E-state index in [9.17, 15) is 0 Å². The molecular formula is C12H16ClNO. The van der Waals surface area contributed by atoms with E-state index in [0.29, 0.717) is 6.61 Å². The van der Waals surface area contributed by atoms with E-state index in [1.165, 1.54) is 5.54 Å². The van der Waals surface area contributed by atoms with Crippen LogP contribution in [0.25, 0.3) is 0 Å². The number of hydrogen-bond donors (Lipinski definition) is 1. The first-order chi connectivity index (χ1) is 7.04. The fourth-order valence-electron chi connectivity index (χ4n) is 1.43. The van der Waals surface area contributed by atoms with Gasteiger partial charge in [0.1, 0.15) is 12.4 Å². The quantitative estimate of drug-likeness (QED) is 0.801. The molecule has 1 aromatic rings. The zero-order valence-corrected chi connectivity index (χ0v) is 10.1. The van der Waals surface area contributed by atoms with Crippen LogP contribution >= 0.6 is 11.6 Å². The van der Waals surface area contributed by atoms with E-state index in [0.717, 1.165) is 28.1 Å². The molecule has 0 aliphatic rings. The maximum atomic E-state index is 5.72. The zero-order chi connectivity index (χ0) is 11.4. The molecule has 0 fully saturated rings. The van der Waals surface area contributed by atoms with Gasteiger partial charge in [-0.3, -0.25) is 0 Å². The minimum Gasteiger partial charge on any atom is -0.489 e. The standard InChI is InChI=1S/C12H16ClNO/c1-8(6-13)7-15-12-9(2)4-11(14)5-10(12)3/h4-6H,7,14H2,1-3H3. The van der Waals surface area contributed by atoms with Crippen molar-refractivity contribution in [2.45, 2.75) is 20.8 Å². The molecule has 0 aromatic heterocycles. The summed E-state index contributed by atoms with van der Waals surface area (Å²) in [6, 6.07) is 3.81. The van der Waals surface area contributed by atoms with Crippen LogP contribution in [0, 0.1) is 13.8 Å². The SMILES string of the molecule is CC(=CCl)COc1c(C)cc(N)cc1C.